The van der Waals surface area contributed by atoms with E-state index in [9.17, 15) is 8.42 Å². The molecular weight excluding hydrogens is 256 g/mol. The number of aromatic nitrogens is 2. The molecule has 1 saturated heterocycles. The first-order valence-electron chi connectivity index (χ1n) is 5.99. The van der Waals surface area contributed by atoms with Crippen molar-refractivity contribution in [2.24, 2.45) is 0 Å². The van der Waals surface area contributed by atoms with Crippen molar-refractivity contribution in [1.29, 1.82) is 0 Å². The average molecular weight is 274 g/mol. The van der Waals surface area contributed by atoms with Crippen LogP contribution in [0.2, 0.25) is 0 Å². The Kier molecular flexibility index (Phi) is 4.31. The third kappa shape index (κ3) is 3.76. The molecule has 0 unspecified atom stereocenters. The molecule has 0 aromatic carbocycles. The van der Waals surface area contributed by atoms with E-state index in [1.807, 2.05) is 0 Å². The van der Waals surface area contributed by atoms with Gasteiger partial charge < -0.3 is 9.84 Å². The summed E-state index contributed by atoms with van der Waals surface area (Å²) in [5.74, 6) is 0.691. The third-order valence-electron chi connectivity index (χ3n) is 3.11. The predicted molar refractivity (Wildman–Crippen MR) is 65.4 cm³/mol. The molecule has 1 fully saturated rings. The highest BCUT2D eigenvalue weighted by Gasteiger charge is 2.24. The van der Waals surface area contributed by atoms with Crippen LogP contribution < -0.4 is 5.32 Å². The van der Waals surface area contributed by atoms with Crippen molar-refractivity contribution in [3.63, 3.8) is 0 Å². The van der Waals surface area contributed by atoms with Crippen molar-refractivity contribution < 1.29 is 12.9 Å². The van der Waals surface area contributed by atoms with E-state index >= 15 is 0 Å². The number of nitrogens with one attached hydrogen (secondary N) is 1. The standard InChI is InChI=1S/C10H18N4O3S/c1-18(15,16)14-6-3-9(4-7-14)11-5-2-10-12-8-17-13-10/h8-9,11H,2-7H2,1H3. The fourth-order valence-electron chi connectivity index (χ4n) is 2.08. The molecule has 102 valence electrons. The molecule has 0 atom stereocenters. The number of hydrogen-bond acceptors (Lipinski definition) is 6. The monoisotopic (exact) mass is 274 g/mol. The first-order valence-corrected chi connectivity index (χ1v) is 7.84. The molecule has 0 amide bonds. The molecule has 0 radical (unpaired) electrons. The maximum atomic E-state index is 11.3. The fourth-order valence-corrected chi connectivity index (χ4v) is 2.96. The van der Waals surface area contributed by atoms with E-state index in [-0.39, 0.29) is 0 Å². The molecule has 1 aliphatic heterocycles. The van der Waals surface area contributed by atoms with Gasteiger partial charge in [0.15, 0.2) is 5.82 Å². The Bertz CT molecular complexity index is 451. The minimum absolute atomic E-state index is 0.370. The summed E-state index contributed by atoms with van der Waals surface area (Å²) in [6.45, 7) is 1.97. The molecule has 0 aliphatic carbocycles. The van der Waals surface area contributed by atoms with Gasteiger partial charge in [-0.25, -0.2) is 12.7 Å². The van der Waals surface area contributed by atoms with Crippen LogP contribution in [0.15, 0.2) is 10.9 Å². The number of hydrogen-bond donors (Lipinski definition) is 1. The number of sulfonamides is 1. The van der Waals surface area contributed by atoms with Gasteiger partial charge in [-0.05, 0) is 12.8 Å². The first-order chi connectivity index (χ1) is 8.55. The lowest BCUT2D eigenvalue weighted by Crippen LogP contribution is -2.44. The van der Waals surface area contributed by atoms with E-state index in [1.165, 1.54) is 17.0 Å². The average Bonchev–Trinajstić information content (AvgIpc) is 2.82. The molecular formula is C10H18N4O3S. The quantitative estimate of drug-likeness (QED) is 0.788. The molecule has 2 rings (SSSR count). The topological polar surface area (TPSA) is 88.3 Å². The molecule has 0 bridgehead atoms. The first kappa shape index (κ1) is 13.4. The van der Waals surface area contributed by atoms with Crippen molar-refractivity contribution >= 4 is 10.0 Å². The lowest BCUT2D eigenvalue weighted by molar-refractivity contribution is 0.291. The van der Waals surface area contributed by atoms with Gasteiger partial charge in [-0.1, -0.05) is 5.16 Å². The van der Waals surface area contributed by atoms with Crippen molar-refractivity contribution in [3.8, 4) is 0 Å². The van der Waals surface area contributed by atoms with Crippen LogP contribution in [0.25, 0.3) is 0 Å². The number of piperidine rings is 1. The molecule has 1 N–H and O–H groups in total. The summed E-state index contributed by atoms with van der Waals surface area (Å²) in [4.78, 5) is 3.94. The SMILES string of the molecule is CS(=O)(=O)N1CCC(NCCc2ncon2)CC1. The summed E-state index contributed by atoms with van der Waals surface area (Å²) in [5, 5.41) is 7.12. The molecule has 7 nitrogen and oxygen atoms in total. The van der Waals surface area contributed by atoms with Crippen LogP contribution in [-0.4, -0.2) is 54.8 Å². The highest BCUT2D eigenvalue weighted by molar-refractivity contribution is 7.88. The number of rotatable bonds is 5. The summed E-state index contributed by atoms with van der Waals surface area (Å²) < 4.78 is 28.9. The van der Waals surface area contributed by atoms with Gasteiger partial charge in [0, 0.05) is 32.1 Å². The highest BCUT2D eigenvalue weighted by atomic mass is 32.2. The Labute approximate surface area is 107 Å². The molecule has 8 heteroatoms. The van der Waals surface area contributed by atoms with Crippen LogP contribution in [0.4, 0.5) is 0 Å². The molecule has 0 spiro atoms. The Morgan fingerprint density at radius 3 is 2.78 bits per heavy atom. The van der Waals surface area contributed by atoms with Crippen LogP contribution in [0, 0.1) is 0 Å². The van der Waals surface area contributed by atoms with E-state index in [1.54, 1.807) is 0 Å². The number of nitrogens with zero attached hydrogens (tertiary/aromatic N) is 3. The smallest absolute Gasteiger partial charge is 0.213 e. The zero-order valence-electron chi connectivity index (χ0n) is 10.4. The van der Waals surface area contributed by atoms with Crippen molar-refractivity contribution in [1.82, 2.24) is 19.8 Å². The molecule has 18 heavy (non-hydrogen) atoms. The largest absolute Gasteiger partial charge is 0.343 e. The molecule has 1 aliphatic rings. The Morgan fingerprint density at radius 2 is 2.22 bits per heavy atom. The Hall–Kier alpha value is -0.990. The van der Waals surface area contributed by atoms with E-state index in [0.29, 0.717) is 25.0 Å². The van der Waals surface area contributed by atoms with Gasteiger partial charge in [0.2, 0.25) is 16.4 Å². The van der Waals surface area contributed by atoms with E-state index < -0.39 is 10.0 Å². The second kappa shape index (κ2) is 5.77. The van der Waals surface area contributed by atoms with Crippen molar-refractivity contribution in [2.45, 2.75) is 25.3 Å². The zero-order chi connectivity index (χ0) is 13.0. The lowest BCUT2D eigenvalue weighted by atomic mass is 10.1. The van der Waals surface area contributed by atoms with Gasteiger partial charge in [0.25, 0.3) is 0 Å². The van der Waals surface area contributed by atoms with Crippen LogP contribution in [0.3, 0.4) is 0 Å². The second-order valence-corrected chi connectivity index (χ2v) is 6.47. The van der Waals surface area contributed by atoms with Gasteiger partial charge in [0.1, 0.15) is 0 Å². The molecule has 2 heterocycles. The van der Waals surface area contributed by atoms with Crippen LogP contribution in [0.1, 0.15) is 18.7 Å². The summed E-state index contributed by atoms with van der Waals surface area (Å²) in [6.07, 6.45) is 5.00. The zero-order valence-corrected chi connectivity index (χ0v) is 11.2. The van der Waals surface area contributed by atoms with E-state index in [2.05, 4.69) is 20.0 Å². The summed E-state index contributed by atoms with van der Waals surface area (Å²) >= 11 is 0. The predicted octanol–water partition coefficient (Wildman–Crippen LogP) is -0.374. The summed E-state index contributed by atoms with van der Waals surface area (Å²) in [7, 11) is -3.03. The Morgan fingerprint density at radius 1 is 1.50 bits per heavy atom. The highest BCUT2D eigenvalue weighted by Crippen LogP contribution is 2.12. The van der Waals surface area contributed by atoms with Gasteiger partial charge in [-0.3, -0.25) is 0 Å². The maximum absolute atomic E-state index is 11.3. The second-order valence-electron chi connectivity index (χ2n) is 4.49. The van der Waals surface area contributed by atoms with Crippen LogP contribution in [0.5, 0.6) is 0 Å². The van der Waals surface area contributed by atoms with Gasteiger partial charge in [-0.15, -0.1) is 0 Å². The van der Waals surface area contributed by atoms with Gasteiger partial charge in [-0.2, -0.15) is 4.98 Å². The molecule has 0 saturated carbocycles. The summed E-state index contributed by atoms with van der Waals surface area (Å²) in [6, 6.07) is 0.370. The van der Waals surface area contributed by atoms with Crippen LogP contribution >= 0.6 is 0 Å². The normalized spacial score (nSPS) is 19.2. The lowest BCUT2D eigenvalue weighted by Gasteiger charge is -2.30. The molecule has 1 aromatic rings. The minimum Gasteiger partial charge on any atom is -0.343 e. The summed E-state index contributed by atoms with van der Waals surface area (Å²) in [5.41, 5.74) is 0. The van der Waals surface area contributed by atoms with Crippen molar-refractivity contribution in [3.05, 3.63) is 12.2 Å². The maximum Gasteiger partial charge on any atom is 0.213 e. The molecule has 1 aromatic heterocycles. The van der Waals surface area contributed by atoms with E-state index in [0.717, 1.165) is 25.8 Å². The van der Waals surface area contributed by atoms with Gasteiger partial charge in [0.05, 0.1) is 6.26 Å². The van der Waals surface area contributed by atoms with Gasteiger partial charge >= 0.3 is 0 Å². The Balaban J connectivity index is 1.68. The van der Waals surface area contributed by atoms with E-state index in [4.69, 9.17) is 0 Å². The van der Waals surface area contributed by atoms with Crippen molar-refractivity contribution in [2.75, 3.05) is 25.9 Å². The van der Waals surface area contributed by atoms with Crippen LogP contribution in [-0.2, 0) is 16.4 Å². The minimum atomic E-state index is -3.03. The third-order valence-corrected chi connectivity index (χ3v) is 4.41. The fraction of sp³-hybridized carbons (Fsp3) is 0.800.